The molecule has 5 N–H and O–H groups in total. The van der Waals surface area contributed by atoms with E-state index in [1.165, 1.54) is 51.4 Å². The summed E-state index contributed by atoms with van der Waals surface area (Å²) < 4.78 is 0. The third-order valence-corrected chi connectivity index (χ3v) is 8.81. The van der Waals surface area contributed by atoms with Crippen LogP contribution in [-0.4, -0.2) is 19.1 Å². The Morgan fingerprint density at radius 1 is 1.04 bits per heavy atom. The van der Waals surface area contributed by atoms with Crippen molar-refractivity contribution in [2.45, 2.75) is 77.3 Å². The molecule has 24 heavy (non-hydrogen) atoms. The van der Waals surface area contributed by atoms with Gasteiger partial charge < -0.3 is 35.9 Å². The van der Waals surface area contributed by atoms with Gasteiger partial charge in [-0.25, -0.2) is 0 Å². The first-order chi connectivity index (χ1) is 10.5. The molecule has 0 aromatic rings. The predicted octanol–water partition coefficient (Wildman–Crippen LogP) is -3.87. The van der Waals surface area contributed by atoms with Crippen molar-refractivity contribution in [1.82, 2.24) is 0 Å². The van der Waals surface area contributed by atoms with Crippen LogP contribution < -0.4 is 35.9 Å². The summed E-state index contributed by atoms with van der Waals surface area (Å²) in [7, 11) is 2.26. The Morgan fingerprint density at radius 3 is 2.50 bits per heavy atom. The molecule has 7 unspecified atom stereocenters. The predicted molar refractivity (Wildman–Crippen MR) is 90.0 cm³/mol. The Kier molecular flexibility index (Phi) is 6.08. The van der Waals surface area contributed by atoms with Crippen LogP contribution in [0, 0.1) is 28.6 Å². The average Bonchev–Trinajstić information content (AvgIpc) is 2.82. The highest BCUT2D eigenvalue weighted by molar-refractivity contribution is 5.25. The quantitative estimate of drug-likeness (QED) is 0.441. The maximum absolute atomic E-state index is 4.53. The van der Waals surface area contributed by atoms with E-state index in [1.807, 2.05) is 5.57 Å². The van der Waals surface area contributed by atoms with Crippen LogP contribution in [0.4, 0.5) is 0 Å². The smallest absolute Gasteiger partial charge is 0.0900 e. The van der Waals surface area contributed by atoms with Crippen molar-refractivity contribution in [2.75, 3.05) is 7.05 Å². The standard InChI is InChI=1S/C20H34N2.2ClH/c1-19-10-8-14(22-3)12-13(19)4-5-15-16-6-7-18(21)20(16,2)11-9-17(15)19;;/h4,14-18,22H,5-12,21H2,1-3H3;2*1H. The van der Waals surface area contributed by atoms with E-state index in [1.54, 1.807) is 0 Å². The van der Waals surface area contributed by atoms with Gasteiger partial charge >= 0.3 is 0 Å². The van der Waals surface area contributed by atoms with Gasteiger partial charge in [-0.05, 0) is 55.3 Å². The number of hydrogen-bond donors (Lipinski definition) is 2. The van der Waals surface area contributed by atoms with E-state index < -0.39 is 0 Å². The average molecular weight is 375 g/mol. The highest BCUT2D eigenvalue weighted by Gasteiger charge is 2.59. The molecule has 0 saturated heterocycles. The lowest BCUT2D eigenvalue weighted by atomic mass is 9.47. The lowest BCUT2D eigenvalue weighted by Crippen LogP contribution is -3.00. The molecule has 4 heteroatoms. The molecular weight excluding hydrogens is 339 g/mol. The number of rotatable bonds is 1. The molecule has 0 aromatic carbocycles. The van der Waals surface area contributed by atoms with E-state index in [2.05, 4.69) is 38.0 Å². The third-order valence-electron chi connectivity index (χ3n) is 8.81. The molecule has 0 aliphatic heterocycles. The van der Waals surface area contributed by atoms with E-state index in [4.69, 9.17) is 0 Å². The highest BCUT2D eigenvalue weighted by Crippen LogP contribution is 2.64. The van der Waals surface area contributed by atoms with E-state index >= 15 is 0 Å². The third kappa shape index (κ3) is 2.76. The monoisotopic (exact) mass is 374 g/mol. The van der Waals surface area contributed by atoms with E-state index in [0.717, 1.165) is 23.8 Å². The molecule has 0 spiro atoms. The van der Waals surface area contributed by atoms with Crippen LogP contribution in [0.2, 0.25) is 0 Å². The zero-order chi connectivity index (χ0) is 15.5. The van der Waals surface area contributed by atoms with Gasteiger partial charge in [0.15, 0.2) is 0 Å². The first kappa shape index (κ1) is 20.6. The first-order valence-electron chi connectivity index (χ1n) is 9.81. The number of allylic oxidation sites excluding steroid dienone is 1. The molecule has 0 amide bonds. The summed E-state index contributed by atoms with van der Waals surface area (Å²) in [4.78, 5) is 0. The summed E-state index contributed by atoms with van der Waals surface area (Å²) in [6, 6.07) is 1.56. The van der Waals surface area contributed by atoms with Gasteiger partial charge in [0.25, 0.3) is 0 Å². The maximum Gasteiger partial charge on any atom is 0.0900 e. The minimum atomic E-state index is 0. The lowest BCUT2D eigenvalue weighted by Gasteiger charge is -2.57. The Balaban J connectivity index is 0.00000104. The molecule has 4 aliphatic carbocycles. The van der Waals surface area contributed by atoms with Crippen LogP contribution in [0.3, 0.4) is 0 Å². The van der Waals surface area contributed by atoms with E-state index in [-0.39, 0.29) is 24.8 Å². The number of hydrogen-bond acceptors (Lipinski definition) is 0. The summed E-state index contributed by atoms with van der Waals surface area (Å²) in [5, 5.41) is 2.45. The second-order valence-electron chi connectivity index (χ2n) is 9.41. The Morgan fingerprint density at radius 2 is 1.79 bits per heavy atom. The van der Waals surface area contributed by atoms with E-state index in [0.29, 0.717) is 16.9 Å². The fraction of sp³-hybridized carbons (Fsp3) is 0.900. The van der Waals surface area contributed by atoms with Crippen LogP contribution in [-0.2, 0) is 0 Å². The SMILES string of the molecule is C[NH2+]C1CCC2(C)C(=CCC3C2CCC2(C)C([NH3+])CCC32)C1.[Cl-].[Cl-]. The normalized spacial score (nSPS) is 49.7. The van der Waals surface area contributed by atoms with Crippen molar-refractivity contribution in [2.24, 2.45) is 28.6 Å². The van der Waals surface area contributed by atoms with Gasteiger partial charge in [0.2, 0.25) is 0 Å². The van der Waals surface area contributed by atoms with Gasteiger partial charge in [-0.3, -0.25) is 0 Å². The number of fused-ring (bicyclic) bond motifs is 5. The van der Waals surface area contributed by atoms with Gasteiger partial charge in [-0.15, -0.1) is 0 Å². The van der Waals surface area contributed by atoms with Crippen molar-refractivity contribution in [3.8, 4) is 0 Å². The summed E-state index contributed by atoms with van der Waals surface area (Å²) in [5.74, 6) is 2.88. The number of quaternary nitrogens is 2. The molecule has 0 radical (unpaired) electrons. The lowest BCUT2D eigenvalue weighted by molar-refractivity contribution is -0.665. The summed E-state index contributed by atoms with van der Waals surface area (Å²) in [5.41, 5.74) is 7.44. The second-order valence-corrected chi connectivity index (χ2v) is 9.41. The molecule has 3 fully saturated rings. The van der Waals surface area contributed by atoms with Crippen molar-refractivity contribution in [1.29, 1.82) is 0 Å². The van der Waals surface area contributed by atoms with E-state index in [9.17, 15) is 0 Å². The van der Waals surface area contributed by atoms with Crippen LogP contribution in [0.5, 0.6) is 0 Å². The number of halogens is 2. The van der Waals surface area contributed by atoms with Crippen molar-refractivity contribution in [3.05, 3.63) is 11.6 Å². The minimum Gasteiger partial charge on any atom is -1.00 e. The molecule has 4 aliphatic rings. The van der Waals surface area contributed by atoms with Crippen molar-refractivity contribution < 1.29 is 35.9 Å². The fourth-order valence-corrected chi connectivity index (χ4v) is 7.08. The molecule has 4 rings (SSSR count). The molecule has 140 valence electrons. The van der Waals surface area contributed by atoms with Gasteiger partial charge in [0.1, 0.15) is 0 Å². The summed E-state index contributed by atoms with van der Waals surface area (Å²) >= 11 is 0. The van der Waals surface area contributed by atoms with Crippen LogP contribution in [0.1, 0.15) is 65.2 Å². The Bertz CT molecular complexity index is 494. The van der Waals surface area contributed by atoms with Gasteiger partial charge in [0.05, 0.1) is 19.1 Å². The summed E-state index contributed by atoms with van der Waals surface area (Å²) in [6.45, 7) is 5.20. The molecule has 0 heterocycles. The van der Waals surface area contributed by atoms with Gasteiger partial charge in [-0.2, -0.15) is 0 Å². The van der Waals surface area contributed by atoms with Crippen LogP contribution in [0.15, 0.2) is 11.6 Å². The Hall–Kier alpha value is 0.240. The number of nitrogens with two attached hydrogens (primary N) is 1. The van der Waals surface area contributed by atoms with Gasteiger partial charge in [-0.1, -0.05) is 25.5 Å². The highest BCUT2D eigenvalue weighted by atomic mass is 35.5. The zero-order valence-electron chi connectivity index (χ0n) is 15.7. The van der Waals surface area contributed by atoms with Crippen molar-refractivity contribution >= 4 is 0 Å². The summed E-state index contributed by atoms with van der Waals surface area (Å²) in [6.07, 6.45) is 14.0. The van der Waals surface area contributed by atoms with Crippen LogP contribution >= 0.6 is 0 Å². The van der Waals surface area contributed by atoms with Crippen molar-refractivity contribution in [3.63, 3.8) is 0 Å². The molecule has 7 atom stereocenters. The maximum atomic E-state index is 4.53. The molecule has 2 nitrogen and oxygen atoms in total. The first-order valence-corrected chi connectivity index (χ1v) is 9.81. The zero-order valence-corrected chi connectivity index (χ0v) is 17.2. The second kappa shape index (κ2) is 7.10. The van der Waals surface area contributed by atoms with Gasteiger partial charge in [0, 0.05) is 24.7 Å². The van der Waals surface area contributed by atoms with Crippen LogP contribution in [0.25, 0.3) is 0 Å². The minimum absolute atomic E-state index is 0. The fourth-order valence-electron chi connectivity index (χ4n) is 7.08. The molecule has 0 bridgehead atoms. The molecular formula is C20H36Cl2N2. The topological polar surface area (TPSA) is 44.2 Å². The Labute approximate surface area is 160 Å². The molecule has 0 aromatic heterocycles. The largest absolute Gasteiger partial charge is 1.00 e. The molecule has 3 saturated carbocycles.